The maximum absolute atomic E-state index is 13.6. The molecule has 1 heterocycles. The van der Waals surface area contributed by atoms with Crippen molar-refractivity contribution in [2.24, 2.45) is 5.41 Å². The summed E-state index contributed by atoms with van der Waals surface area (Å²) in [5.74, 6) is -0.111. The Morgan fingerprint density at radius 1 is 1.53 bits per heavy atom. The molecule has 1 aromatic carbocycles. The van der Waals surface area contributed by atoms with Crippen LogP contribution in [-0.2, 0) is 4.79 Å². The normalized spacial score (nSPS) is 21.6. The van der Waals surface area contributed by atoms with Gasteiger partial charge in [0.2, 0.25) is 5.91 Å². The summed E-state index contributed by atoms with van der Waals surface area (Å²) in [7, 11) is 1.50. The van der Waals surface area contributed by atoms with Gasteiger partial charge in [0, 0.05) is 12.6 Å². The fourth-order valence-electron chi connectivity index (χ4n) is 2.01. The molecule has 1 unspecified atom stereocenters. The van der Waals surface area contributed by atoms with Crippen LogP contribution in [-0.4, -0.2) is 26.1 Å². The molecule has 0 spiro atoms. The second-order valence-electron chi connectivity index (χ2n) is 4.79. The Bertz CT molecular complexity index is 462. The molecule has 6 heteroatoms. The van der Waals surface area contributed by atoms with Crippen molar-refractivity contribution in [1.29, 1.82) is 0 Å². The first-order valence-electron chi connectivity index (χ1n) is 5.91. The monoisotopic (exact) mass is 288 g/mol. The summed E-state index contributed by atoms with van der Waals surface area (Å²) >= 11 is 0. The topological polar surface area (TPSA) is 50.4 Å². The van der Waals surface area contributed by atoms with Crippen LogP contribution in [0.25, 0.3) is 0 Å². The van der Waals surface area contributed by atoms with Gasteiger partial charge in [0.15, 0.2) is 0 Å². The van der Waals surface area contributed by atoms with Crippen molar-refractivity contribution in [2.75, 3.05) is 25.5 Å². The van der Waals surface area contributed by atoms with Crippen LogP contribution < -0.4 is 15.4 Å². The van der Waals surface area contributed by atoms with Crippen molar-refractivity contribution in [3.63, 3.8) is 0 Å². The van der Waals surface area contributed by atoms with E-state index in [0.29, 0.717) is 12.3 Å². The average Bonchev–Trinajstić information content (AvgIpc) is 2.80. The number of hydrogen-bond donors (Lipinski definition) is 2. The molecule has 1 atom stereocenters. The first-order chi connectivity index (χ1) is 8.55. The summed E-state index contributed by atoms with van der Waals surface area (Å²) in [5.41, 5.74) is -0.317. The number of rotatable bonds is 3. The molecule has 106 valence electrons. The molecule has 0 aliphatic carbocycles. The molecular weight excluding hydrogens is 271 g/mol. The Labute approximate surface area is 118 Å². The highest BCUT2D eigenvalue weighted by Crippen LogP contribution is 2.28. The number of nitrogens with one attached hydrogen (secondary N) is 2. The molecule has 1 aromatic rings. The highest BCUT2D eigenvalue weighted by atomic mass is 35.5. The summed E-state index contributed by atoms with van der Waals surface area (Å²) in [6, 6.07) is 4.28. The second kappa shape index (κ2) is 6.21. The summed E-state index contributed by atoms with van der Waals surface area (Å²) < 4.78 is 18.6. The molecule has 1 aliphatic heterocycles. The zero-order valence-corrected chi connectivity index (χ0v) is 11.8. The number of hydrogen-bond acceptors (Lipinski definition) is 3. The van der Waals surface area contributed by atoms with Gasteiger partial charge in [0.05, 0.1) is 18.2 Å². The predicted octanol–water partition coefficient (Wildman–Crippen LogP) is 2.19. The number of carbonyl (C=O) groups is 1. The van der Waals surface area contributed by atoms with E-state index in [0.717, 1.165) is 13.0 Å². The largest absolute Gasteiger partial charge is 0.497 e. The SMILES string of the molecule is COc1ccc(F)c(NC(=O)C2(C)CCNC2)c1.Cl. The molecule has 2 rings (SSSR count). The third kappa shape index (κ3) is 3.36. The van der Waals surface area contributed by atoms with E-state index in [2.05, 4.69) is 10.6 Å². The molecule has 0 bridgehead atoms. The number of methoxy groups -OCH3 is 1. The van der Waals surface area contributed by atoms with Gasteiger partial charge >= 0.3 is 0 Å². The van der Waals surface area contributed by atoms with Gasteiger partial charge in [-0.25, -0.2) is 4.39 Å². The van der Waals surface area contributed by atoms with Crippen LogP contribution in [0.1, 0.15) is 13.3 Å². The molecular formula is C13H18ClFN2O2. The molecule has 4 nitrogen and oxygen atoms in total. The quantitative estimate of drug-likeness (QED) is 0.896. The zero-order chi connectivity index (χ0) is 13.2. The zero-order valence-electron chi connectivity index (χ0n) is 11.0. The number of carbonyl (C=O) groups excluding carboxylic acids is 1. The maximum atomic E-state index is 13.6. The molecule has 1 saturated heterocycles. The van der Waals surface area contributed by atoms with Crippen molar-refractivity contribution in [1.82, 2.24) is 5.32 Å². The number of halogens is 2. The van der Waals surface area contributed by atoms with Crippen LogP contribution in [0.2, 0.25) is 0 Å². The lowest BCUT2D eigenvalue weighted by Crippen LogP contribution is -2.35. The summed E-state index contributed by atoms with van der Waals surface area (Å²) in [4.78, 5) is 12.1. The maximum Gasteiger partial charge on any atom is 0.231 e. The minimum absolute atomic E-state index is 0. The van der Waals surface area contributed by atoms with E-state index in [9.17, 15) is 9.18 Å². The second-order valence-corrected chi connectivity index (χ2v) is 4.79. The third-order valence-corrected chi connectivity index (χ3v) is 3.34. The van der Waals surface area contributed by atoms with Gasteiger partial charge in [-0.05, 0) is 32.0 Å². The minimum atomic E-state index is -0.477. The Hall–Kier alpha value is -1.33. The predicted molar refractivity (Wildman–Crippen MR) is 74.4 cm³/mol. The summed E-state index contributed by atoms with van der Waals surface area (Å²) in [6.45, 7) is 3.30. The van der Waals surface area contributed by atoms with E-state index >= 15 is 0 Å². The van der Waals surface area contributed by atoms with Gasteiger partial charge < -0.3 is 15.4 Å². The number of amides is 1. The van der Waals surface area contributed by atoms with Gasteiger partial charge in [0.1, 0.15) is 11.6 Å². The summed E-state index contributed by atoms with van der Waals surface area (Å²) in [6.07, 6.45) is 0.754. The molecule has 0 saturated carbocycles. The first kappa shape index (κ1) is 15.7. The van der Waals surface area contributed by atoms with Gasteiger partial charge in [-0.2, -0.15) is 0 Å². The molecule has 1 fully saturated rings. The minimum Gasteiger partial charge on any atom is -0.497 e. The van der Waals surface area contributed by atoms with E-state index in [1.165, 1.54) is 25.3 Å². The Morgan fingerprint density at radius 3 is 2.84 bits per heavy atom. The van der Waals surface area contributed by atoms with Crippen LogP contribution in [0.4, 0.5) is 10.1 Å². The van der Waals surface area contributed by atoms with Crippen molar-refractivity contribution in [2.45, 2.75) is 13.3 Å². The Balaban J connectivity index is 0.00000180. The van der Waals surface area contributed by atoms with Crippen molar-refractivity contribution < 1.29 is 13.9 Å². The summed E-state index contributed by atoms with van der Waals surface area (Å²) in [5, 5.41) is 5.77. The van der Waals surface area contributed by atoms with E-state index in [-0.39, 0.29) is 24.0 Å². The lowest BCUT2D eigenvalue weighted by molar-refractivity contribution is -0.123. The van der Waals surface area contributed by atoms with Crippen LogP contribution in [0.3, 0.4) is 0 Å². The Kier molecular flexibility index (Phi) is 5.14. The van der Waals surface area contributed by atoms with E-state index in [1.54, 1.807) is 0 Å². The molecule has 0 radical (unpaired) electrons. The number of anilines is 1. The average molecular weight is 289 g/mol. The van der Waals surface area contributed by atoms with Gasteiger partial charge in [0.25, 0.3) is 0 Å². The smallest absolute Gasteiger partial charge is 0.231 e. The first-order valence-corrected chi connectivity index (χ1v) is 5.91. The number of ether oxygens (including phenoxy) is 1. The fraction of sp³-hybridized carbons (Fsp3) is 0.462. The van der Waals surface area contributed by atoms with Crippen LogP contribution in [0.15, 0.2) is 18.2 Å². The highest BCUT2D eigenvalue weighted by Gasteiger charge is 2.36. The molecule has 1 aliphatic rings. The molecule has 1 amide bonds. The van der Waals surface area contributed by atoms with E-state index in [1.807, 2.05) is 6.92 Å². The van der Waals surface area contributed by atoms with Gasteiger partial charge in [-0.1, -0.05) is 0 Å². The highest BCUT2D eigenvalue weighted by molar-refractivity contribution is 5.95. The third-order valence-electron chi connectivity index (χ3n) is 3.34. The van der Waals surface area contributed by atoms with E-state index < -0.39 is 11.2 Å². The van der Waals surface area contributed by atoms with Gasteiger partial charge in [-0.3, -0.25) is 4.79 Å². The van der Waals surface area contributed by atoms with Gasteiger partial charge in [-0.15, -0.1) is 12.4 Å². The van der Waals surface area contributed by atoms with Crippen molar-refractivity contribution in [3.8, 4) is 5.75 Å². The van der Waals surface area contributed by atoms with Crippen molar-refractivity contribution >= 4 is 24.0 Å². The lowest BCUT2D eigenvalue weighted by atomic mass is 9.89. The lowest BCUT2D eigenvalue weighted by Gasteiger charge is -2.21. The molecule has 0 aromatic heterocycles. The van der Waals surface area contributed by atoms with Crippen LogP contribution in [0.5, 0.6) is 5.75 Å². The molecule has 19 heavy (non-hydrogen) atoms. The molecule has 2 N–H and O–H groups in total. The van der Waals surface area contributed by atoms with Crippen molar-refractivity contribution in [3.05, 3.63) is 24.0 Å². The van der Waals surface area contributed by atoms with Crippen LogP contribution in [0, 0.1) is 11.2 Å². The Morgan fingerprint density at radius 2 is 2.26 bits per heavy atom. The van der Waals surface area contributed by atoms with Crippen LogP contribution >= 0.6 is 12.4 Å². The standard InChI is InChI=1S/C13H17FN2O2.ClH/c1-13(5-6-15-8-13)12(17)16-11-7-9(18-2)3-4-10(11)14;/h3-4,7,15H,5-6,8H2,1-2H3,(H,16,17);1H. The van der Waals surface area contributed by atoms with E-state index in [4.69, 9.17) is 4.74 Å². The number of benzene rings is 1. The fourth-order valence-corrected chi connectivity index (χ4v) is 2.01.